The van der Waals surface area contributed by atoms with Crippen LogP contribution in [0.2, 0.25) is 0 Å². The number of para-hydroxylation sites is 1. The average Bonchev–Trinajstić information content (AvgIpc) is 2.55. The summed E-state index contributed by atoms with van der Waals surface area (Å²) in [4.78, 5) is 13.3. The molecule has 0 bridgehead atoms. The number of ketones is 1. The highest BCUT2D eigenvalue weighted by molar-refractivity contribution is 8.03. The van der Waals surface area contributed by atoms with Crippen LogP contribution in [0.25, 0.3) is 0 Å². The number of carbonyl (C=O) groups is 1. The number of halogens is 3. The smallest absolute Gasteiger partial charge is 0.338 e. The van der Waals surface area contributed by atoms with Crippen LogP contribution in [0.4, 0.5) is 18.9 Å². The van der Waals surface area contributed by atoms with E-state index in [1.807, 2.05) is 0 Å². The lowest BCUT2D eigenvalue weighted by Gasteiger charge is -2.13. The zero-order chi connectivity index (χ0) is 12.6. The normalized spacial score (nSPS) is 17.4. The predicted octanol–water partition coefficient (Wildman–Crippen LogP) is 3.20. The Morgan fingerprint density at radius 3 is 2.59 bits per heavy atom. The van der Waals surface area contributed by atoms with E-state index in [4.69, 9.17) is 0 Å². The van der Waals surface area contributed by atoms with Crippen molar-refractivity contribution in [3.05, 3.63) is 35.4 Å². The van der Waals surface area contributed by atoms with Crippen LogP contribution in [-0.4, -0.2) is 19.0 Å². The Balaban J connectivity index is 2.29. The second-order valence-electron chi connectivity index (χ2n) is 3.47. The number of benzene rings is 1. The van der Waals surface area contributed by atoms with E-state index in [1.165, 1.54) is 0 Å². The van der Waals surface area contributed by atoms with Crippen LogP contribution in [0.5, 0.6) is 0 Å². The summed E-state index contributed by atoms with van der Waals surface area (Å²) in [6.07, 6.45) is -4.19. The number of hydrogen-bond acceptors (Lipinski definition) is 3. The molecule has 0 N–H and O–H groups in total. The van der Waals surface area contributed by atoms with Crippen LogP contribution in [0.1, 0.15) is 0 Å². The van der Waals surface area contributed by atoms with Crippen molar-refractivity contribution < 1.29 is 18.0 Å². The standard InChI is InChI=1S/C11H8F3NOS/c1-15-7-4-2-3-5-8(7)17-10(15)6-9(16)11(12,13)14/h2-6H,1H3/b10-6+. The van der Waals surface area contributed by atoms with Gasteiger partial charge in [0.25, 0.3) is 5.78 Å². The van der Waals surface area contributed by atoms with Crippen LogP contribution in [0.3, 0.4) is 0 Å². The molecule has 17 heavy (non-hydrogen) atoms. The van der Waals surface area contributed by atoms with Gasteiger partial charge >= 0.3 is 6.18 Å². The Morgan fingerprint density at radius 1 is 1.35 bits per heavy atom. The van der Waals surface area contributed by atoms with Crippen molar-refractivity contribution in [1.82, 2.24) is 0 Å². The van der Waals surface area contributed by atoms with Gasteiger partial charge in [-0.25, -0.2) is 0 Å². The fourth-order valence-electron chi connectivity index (χ4n) is 1.44. The van der Waals surface area contributed by atoms with E-state index in [1.54, 1.807) is 36.2 Å². The van der Waals surface area contributed by atoms with Gasteiger partial charge in [-0.2, -0.15) is 13.2 Å². The lowest BCUT2D eigenvalue weighted by Crippen LogP contribution is -2.22. The lowest BCUT2D eigenvalue weighted by molar-refractivity contribution is -0.165. The highest BCUT2D eigenvalue weighted by atomic mass is 32.2. The maximum Gasteiger partial charge on any atom is 0.454 e. The molecule has 0 amide bonds. The molecular weight excluding hydrogens is 251 g/mol. The molecule has 1 aromatic carbocycles. The lowest BCUT2D eigenvalue weighted by atomic mass is 10.3. The second-order valence-corrected chi connectivity index (χ2v) is 4.54. The SMILES string of the molecule is CN1/C(=C\C(=O)C(F)(F)F)Sc2ccccc21. The molecule has 0 spiro atoms. The van der Waals surface area contributed by atoms with Crippen LogP contribution >= 0.6 is 11.8 Å². The van der Waals surface area contributed by atoms with Crippen molar-refractivity contribution in [1.29, 1.82) is 0 Å². The van der Waals surface area contributed by atoms with Crippen molar-refractivity contribution in [3.63, 3.8) is 0 Å². The van der Waals surface area contributed by atoms with E-state index < -0.39 is 12.0 Å². The highest BCUT2D eigenvalue weighted by Gasteiger charge is 2.38. The van der Waals surface area contributed by atoms with Crippen molar-refractivity contribution in [2.45, 2.75) is 11.1 Å². The topological polar surface area (TPSA) is 20.3 Å². The molecule has 1 aliphatic heterocycles. The molecule has 0 radical (unpaired) electrons. The zero-order valence-electron chi connectivity index (χ0n) is 8.78. The Hall–Kier alpha value is -1.43. The number of rotatable bonds is 1. The second kappa shape index (κ2) is 4.10. The summed E-state index contributed by atoms with van der Waals surface area (Å²) in [5.74, 6) is -1.83. The zero-order valence-corrected chi connectivity index (χ0v) is 9.60. The van der Waals surface area contributed by atoms with Crippen LogP contribution in [-0.2, 0) is 4.79 Å². The number of nitrogens with zero attached hydrogens (tertiary/aromatic N) is 1. The molecule has 90 valence electrons. The van der Waals surface area contributed by atoms with Gasteiger partial charge in [0.05, 0.1) is 10.7 Å². The quantitative estimate of drug-likeness (QED) is 0.722. The van der Waals surface area contributed by atoms with E-state index in [0.717, 1.165) is 22.3 Å². The molecule has 6 heteroatoms. The van der Waals surface area contributed by atoms with Crippen molar-refractivity contribution in [2.75, 3.05) is 11.9 Å². The molecule has 0 atom stereocenters. The highest BCUT2D eigenvalue weighted by Crippen LogP contribution is 2.44. The average molecular weight is 259 g/mol. The molecule has 2 nitrogen and oxygen atoms in total. The Morgan fingerprint density at radius 2 is 2.00 bits per heavy atom. The Bertz CT molecular complexity index is 496. The molecule has 0 aliphatic carbocycles. The first kappa shape index (κ1) is 12.0. The molecule has 2 rings (SSSR count). The Labute approximate surface area is 100 Å². The van der Waals surface area contributed by atoms with Gasteiger partial charge < -0.3 is 4.90 Å². The largest absolute Gasteiger partial charge is 0.454 e. The van der Waals surface area contributed by atoms with E-state index in [2.05, 4.69) is 0 Å². The Kier molecular flexibility index (Phi) is 2.91. The van der Waals surface area contributed by atoms with Gasteiger partial charge in [-0.1, -0.05) is 23.9 Å². The minimum absolute atomic E-state index is 0.286. The molecule has 0 aromatic heterocycles. The van der Waals surface area contributed by atoms with Gasteiger partial charge in [-0.05, 0) is 12.1 Å². The number of hydrogen-bond donors (Lipinski definition) is 0. The third-order valence-corrected chi connectivity index (χ3v) is 3.47. The first-order valence-electron chi connectivity index (χ1n) is 4.73. The maximum absolute atomic E-state index is 12.1. The summed E-state index contributed by atoms with van der Waals surface area (Å²) in [5, 5.41) is 0.286. The molecule has 1 heterocycles. The van der Waals surface area contributed by atoms with Gasteiger partial charge in [0.15, 0.2) is 0 Å². The first-order valence-corrected chi connectivity index (χ1v) is 5.54. The van der Waals surface area contributed by atoms with E-state index >= 15 is 0 Å². The summed E-state index contributed by atoms with van der Waals surface area (Å²) >= 11 is 1.15. The molecule has 0 unspecified atom stereocenters. The van der Waals surface area contributed by atoms with Gasteiger partial charge in [0, 0.05) is 18.0 Å². The molecule has 0 fully saturated rings. The molecular formula is C11H8F3NOS. The minimum Gasteiger partial charge on any atom is -0.338 e. The number of fused-ring (bicyclic) bond motifs is 1. The number of alkyl halides is 3. The number of allylic oxidation sites excluding steroid dienone is 1. The van der Waals surface area contributed by atoms with Gasteiger partial charge in [0.2, 0.25) is 0 Å². The van der Waals surface area contributed by atoms with E-state index in [9.17, 15) is 18.0 Å². The third-order valence-electron chi connectivity index (χ3n) is 2.31. The fourth-order valence-corrected chi connectivity index (χ4v) is 2.52. The summed E-state index contributed by atoms with van der Waals surface area (Å²) in [5.41, 5.74) is 0.804. The number of carbonyl (C=O) groups excluding carboxylic acids is 1. The van der Waals surface area contributed by atoms with Crippen LogP contribution < -0.4 is 4.90 Å². The summed E-state index contributed by atoms with van der Waals surface area (Å²) in [7, 11) is 1.63. The number of anilines is 1. The van der Waals surface area contributed by atoms with Gasteiger partial charge in [0.1, 0.15) is 0 Å². The summed E-state index contributed by atoms with van der Waals surface area (Å²) in [6.45, 7) is 0. The van der Waals surface area contributed by atoms with Crippen molar-refractivity contribution in [2.24, 2.45) is 0 Å². The van der Waals surface area contributed by atoms with Crippen LogP contribution in [0.15, 0.2) is 40.3 Å². The van der Waals surface area contributed by atoms with Gasteiger partial charge in [-0.15, -0.1) is 0 Å². The van der Waals surface area contributed by atoms with Gasteiger partial charge in [-0.3, -0.25) is 4.79 Å². The van der Waals surface area contributed by atoms with Crippen LogP contribution in [0, 0.1) is 0 Å². The first-order chi connectivity index (χ1) is 7.89. The van der Waals surface area contributed by atoms with E-state index in [0.29, 0.717) is 6.08 Å². The third kappa shape index (κ3) is 2.31. The van der Waals surface area contributed by atoms with Crippen molar-refractivity contribution >= 4 is 23.2 Å². The molecule has 0 saturated carbocycles. The maximum atomic E-state index is 12.1. The monoisotopic (exact) mass is 259 g/mol. The summed E-state index contributed by atoms with van der Waals surface area (Å²) in [6, 6.07) is 7.19. The number of thioether (sulfide) groups is 1. The minimum atomic E-state index is -4.82. The predicted molar refractivity (Wildman–Crippen MR) is 59.8 cm³/mol. The van der Waals surface area contributed by atoms with Crippen molar-refractivity contribution in [3.8, 4) is 0 Å². The molecule has 1 aliphatic rings. The molecule has 0 saturated heterocycles. The summed E-state index contributed by atoms with van der Waals surface area (Å²) < 4.78 is 36.4. The fraction of sp³-hybridized carbons (Fsp3) is 0.182. The van der Waals surface area contributed by atoms with E-state index in [-0.39, 0.29) is 5.03 Å². The molecule has 1 aromatic rings.